The van der Waals surface area contributed by atoms with Gasteiger partial charge < -0.3 is 15.8 Å². The molecule has 0 aliphatic carbocycles. The molecule has 4 nitrogen and oxygen atoms in total. The summed E-state index contributed by atoms with van der Waals surface area (Å²) in [6.45, 7) is 2.40. The van der Waals surface area contributed by atoms with Gasteiger partial charge in [0.2, 0.25) is 0 Å². The lowest BCUT2D eigenvalue weighted by Crippen LogP contribution is -2.30. The molecular weight excluding hydrogens is 235 g/mol. The number of hydrogen-bond donors (Lipinski definition) is 2. The monoisotopic (exact) mass is 254 g/mol. The van der Waals surface area contributed by atoms with Crippen LogP contribution in [0.2, 0.25) is 0 Å². The smallest absolute Gasteiger partial charge is 0.258 e. The van der Waals surface area contributed by atoms with Crippen LogP contribution in [0.3, 0.4) is 0 Å². The Labute approximate surface area is 106 Å². The molecule has 0 aromatic heterocycles. The zero-order valence-corrected chi connectivity index (χ0v) is 10.7. The van der Waals surface area contributed by atoms with Gasteiger partial charge >= 0.3 is 0 Å². The zero-order chi connectivity index (χ0) is 13.5. The highest BCUT2D eigenvalue weighted by molar-refractivity contribution is 5.97. The molecule has 5 heteroatoms. The first-order valence-corrected chi connectivity index (χ1v) is 5.96. The molecule has 0 saturated heterocycles. The molecule has 1 rings (SSSR count). The van der Waals surface area contributed by atoms with Crippen LogP contribution < -0.4 is 15.8 Å². The van der Waals surface area contributed by atoms with Gasteiger partial charge in [0.1, 0.15) is 17.1 Å². The van der Waals surface area contributed by atoms with E-state index in [-0.39, 0.29) is 17.4 Å². The Balaban J connectivity index is 2.67. The van der Waals surface area contributed by atoms with Gasteiger partial charge in [0.15, 0.2) is 0 Å². The van der Waals surface area contributed by atoms with Crippen molar-refractivity contribution in [1.82, 2.24) is 5.32 Å². The molecule has 0 spiro atoms. The predicted octanol–water partition coefficient (Wildman–Crippen LogP) is 1.69. The zero-order valence-electron chi connectivity index (χ0n) is 10.7. The molecule has 0 aliphatic rings. The molecule has 100 valence electrons. The van der Waals surface area contributed by atoms with Crippen molar-refractivity contribution in [1.29, 1.82) is 0 Å². The van der Waals surface area contributed by atoms with Crippen molar-refractivity contribution in [2.75, 3.05) is 13.7 Å². The Morgan fingerprint density at radius 2 is 2.28 bits per heavy atom. The number of carbonyl (C=O) groups is 1. The fourth-order valence-electron chi connectivity index (χ4n) is 1.56. The van der Waals surface area contributed by atoms with E-state index in [0.717, 1.165) is 6.42 Å². The lowest BCUT2D eigenvalue weighted by Gasteiger charge is -2.12. The third kappa shape index (κ3) is 3.70. The van der Waals surface area contributed by atoms with Gasteiger partial charge in [-0.2, -0.15) is 0 Å². The summed E-state index contributed by atoms with van der Waals surface area (Å²) in [5.41, 5.74) is 5.67. The van der Waals surface area contributed by atoms with Crippen molar-refractivity contribution in [2.45, 2.75) is 25.8 Å². The summed E-state index contributed by atoms with van der Waals surface area (Å²) in [5.74, 6) is -0.841. The fraction of sp³-hybridized carbons (Fsp3) is 0.462. The number of nitrogens with two attached hydrogens (primary N) is 1. The first-order valence-electron chi connectivity index (χ1n) is 5.96. The van der Waals surface area contributed by atoms with Crippen LogP contribution in [0.15, 0.2) is 18.2 Å². The lowest BCUT2D eigenvalue weighted by atomic mass is 10.1. The number of nitrogens with one attached hydrogen (secondary N) is 1. The van der Waals surface area contributed by atoms with Gasteiger partial charge in [0, 0.05) is 12.6 Å². The average Bonchev–Trinajstić information content (AvgIpc) is 2.37. The highest BCUT2D eigenvalue weighted by atomic mass is 19.1. The largest absolute Gasteiger partial charge is 0.496 e. The van der Waals surface area contributed by atoms with Crippen molar-refractivity contribution >= 4 is 5.91 Å². The minimum Gasteiger partial charge on any atom is -0.496 e. The molecule has 0 fully saturated rings. The van der Waals surface area contributed by atoms with Crippen LogP contribution in [0, 0.1) is 5.82 Å². The molecule has 0 aliphatic heterocycles. The molecule has 0 saturated carbocycles. The Hall–Kier alpha value is -1.62. The molecule has 1 aromatic carbocycles. The summed E-state index contributed by atoms with van der Waals surface area (Å²) < 4.78 is 18.5. The van der Waals surface area contributed by atoms with E-state index in [1.807, 2.05) is 6.92 Å². The van der Waals surface area contributed by atoms with E-state index in [0.29, 0.717) is 13.0 Å². The molecule has 1 atom stereocenters. The van der Waals surface area contributed by atoms with Crippen LogP contribution in [0.5, 0.6) is 5.75 Å². The molecule has 3 N–H and O–H groups in total. The van der Waals surface area contributed by atoms with Crippen LogP contribution >= 0.6 is 0 Å². The van der Waals surface area contributed by atoms with Crippen molar-refractivity contribution in [3.8, 4) is 5.75 Å². The van der Waals surface area contributed by atoms with E-state index in [1.54, 1.807) is 6.07 Å². The van der Waals surface area contributed by atoms with Gasteiger partial charge in [-0.25, -0.2) is 4.39 Å². The third-order valence-corrected chi connectivity index (χ3v) is 2.75. The summed E-state index contributed by atoms with van der Waals surface area (Å²) in [5, 5.41) is 2.64. The minimum absolute atomic E-state index is 0.0489. The van der Waals surface area contributed by atoms with Gasteiger partial charge in [0.25, 0.3) is 5.91 Å². The maximum Gasteiger partial charge on any atom is 0.258 e. The third-order valence-electron chi connectivity index (χ3n) is 2.75. The maximum atomic E-state index is 13.6. The van der Waals surface area contributed by atoms with Crippen LogP contribution in [0.1, 0.15) is 30.1 Å². The van der Waals surface area contributed by atoms with E-state index >= 15 is 0 Å². The van der Waals surface area contributed by atoms with Gasteiger partial charge in [-0.1, -0.05) is 13.0 Å². The second-order valence-electron chi connectivity index (χ2n) is 4.03. The van der Waals surface area contributed by atoms with Crippen LogP contribution in [-0.4, -0.2) is 25.6 Å². The quantitative estimate of drug-likeness (QED) is 0.812. The highest BCUT2D eigenvalue weighted by Crippen LogP contribution is 2.20. The number of halogens is 1. The average molecular weight is 254 g/mol. The van der Waals surface area contributed by atoms with Crippen molar-refractivity contribution < 1.29 is 13.9 Å². The van der Waals surface area contributed by atoms with Gasteiger partial charge in [0.05, 0.1) is 7.11 Å². The molecule has 1 aromatic rings. The molecule has 1 amide bonds. The first-order chi connectivity index (χ1) is 8.60. The molecule has 0 bridgehead atoms. The number of carbonyl (C=O) groups excluding carboxylic acids is 1. The van der Waals surface area contributed by atoms with Crippen molar-refractivity contribution in [3.63, 3.8) is 0 Å². The Kier molecular flexibility index (Phi) is 5.58. The van der Waals surface area contributed by atoms with Gasteiger partial charge in [-0.15, -0.1) is 0 Å². The number of amides is 1. The van der Waals surface area contributed by atoms with E-state index in [1.165, 1.54) is 19.2 Å². The summed E-state index contributed by atoms with van der Waals surface area (Å²) in [7, 11) is 1.40. The maximum absolute atomic E-state index is 13.6. The normalized spacial score (nSPS) is 12.0. The topological polar surface area (TPSA) is 64.3 Å². The van der Waals surface area contributed by atoms with Crippen LogP contribution in [-0.2, 0) is 0 Å². The lowest BCUT2D eigenvalue weighted by molar-refractivity contribution is 0.0945. The number of rotatable bonds is 6. The second-order valence-corrected chi connectivity index (χ2v) is 4.03. The predicted molar refractivity (Wildman–Crippen MR) is 68.2 cm³/mol. The summed E-state index contributed by atoms with van der Waals surface area (Å²) in [6, 6.07) is 4.33. The number of methoxy groups -OCH3 is 1. The molecule has 0 radical (unpaired) electrons. The Morgan fingerprint density at radius 3 is 2.89 bits per heavy atom. The van der Waals surface area contributed by atoms with Crippen molar-refractivity contribution in [2.24, 2.45) is 5.73 Å². The van der Waals surface area contributed by atoms with Crippen LogP contribution in [0.4, 0.5) is 4.39 Å². The molecule has 0 heterocycles. The molecule has 18 heavy (non-hydrogen) atoms. The standard InChI is InChI=1S/C13H19FN2O2/c1-3-9(15)7-8-16-13(17)12-10(14)5-4-6-11(12)18-2/h4-6,9H,3,7-8,15H2,1-2H3,(H,16,17). The summed E-state index contributed by atoms with van der Waals surface area (Å²) in [6.07, 6.45) is 1.51. The Bertz CT molecular complexity index is 410. The van der Waals surface area contributed by atoms with E-state index in [9.17, 15) is 9.18 Å². The van der Waals surface area contributed by atoms with Gasteiger partial charge in [-0.3, -0.25) is 4.79 Å². The second kappa shape index (κ2) is 6.96. The number of ether oxygens (including phenoxy) is 1. The molecule has 1 unspecified atom stereocenters. The Morgan fingerprint density at radius 1 is 1.56 bits per heavy atom. The van der Waals surface area contributed by atoms with E-state index < -0.39 is 11.7 Å². The SMILES string of the molecule is CCC(N)CCNC(=O)c1c(F)cccc1OC. The number of hydrogen-bond acceptors (Lipinski definition) is 3. The molecular formula is C13H19FN2O2. The first kappa shape index (κ1) is 14.4. The summed E-state index contributed by atoms with van der Waals surface area (Å²) >= 11 is 0. The van der Waals surface area contributed by atoms with Crippen molar-refractivity contribution in [3.05, 3.63) is 29.6 Å². The fourth-order valence-corrected chi connectivity index (χ4v) is 1.56. The summed E-state index contributed by atoms with van der Waals surface area (Å²) in [4.78, 5) is 11.8. The van der Waals surface area contributed by atoms with Gasteiger partial charge in [-0.05, 0) is 25.0 Å². The van der Waals surface area contributed by atoms with E-state index in [2.05, 4.69) is 5.32 Å². The highest BCUT2D eigenvalue weighted by Gasteiger charge is 2.17. The van der Waals surface area contributed by atoms with E-state index in [4.69, 9.17) is 10.5 Å². The number of benzene rings is 1. The van der Waals surface area contributed by atoms with Crippen LogP contribution in [0.25, 0.3) is 0 Å². The minimum atomic E-state index is -0.591.